The molecule has 0 bridgehead atoms. The first-order chi connectivity index (χ1) is 16.5. The van der Waals surface area contributed by atoms with Crippen LogP contribution < -0.4 is 26.8 Å². The van der Waals surface area contributed by atoms with E-state index in [4.69, 9.17) is 10.7 Å². The van der Waals surface area contributed by atoms with Gasteiger partial charge in [0, 0.05) is 61.0 Å². The second-order valence-corrected chi connectivity index (χ2v) is 8.60. The van der Waals surface area contributed by atoms with Crippen LogP contribution in [0.4, 0.5) is 10.2 Å². The molecule has 2 heterocycles. The van der Waals surface area contributed by atoms with Crippen molar-refractivity contribution in [2.45, 2.75) is 39.5 Å². The molecule has 0 saturated heterocycles. The van der Waals surface area contributed by atoms with Gasteiger partial charge in [0.25, 0.3) is 5.91 Å². The van der Waals surface area contributed by atoms with E-state index in [-0.39, 0.29) is 24.3 Å². The molecule has 0 atom stereocenters. The highest BCUT2D eigenvalue weighted by Gasteiger charge is 2.28. The lowest BCUT2D eigenvalue weighted by molar-refractivity contribution is 0.0949. The summed E-state index contributed by atoms with van der Waals surface area (Å²) in [7, 11) is 0. The van der Waals surface area contributed by atoms with E-state index < -0.39 is 0 Å². The van der Waals surface area contributed by atoms with Crippen LogP contribution in [0.3, 0.4) is 0 Å². The molecule has 1 amide bonds. The Kier molecular flexibility index (Phi) is 7.52. The van der Waals surface area contributed by atoms with Crippen molar-refractivity contribution >= 4 is 11.7 Å². The number of aromatic nitrogens is 1. The molecule has 8 heteroatoms. The van der Waals surface area contributed by atoms with Gasteiger partial charge in [-0.3, -0.25) is 9.80 Å². The number of hydrazine groups is 1. The molecule has 0 spiro atoms. The predicted molar refractivity (Wildman–Crippen MR) is 132 cm³/mol. The van der Waals surface area contributed by atoms with Crippen LogP contribution in [0.15, 0.2) is 54.6 Å². The lowest BCUT2D eigenvalue weighted by atomic mass is 10.0. The number of benzene rings is 2. The van der Waals surface area contributed by atoms with Crippen molar-refractivity contribution < 1.29 is 9.18 Å². The maximum atomic E-state index is 14.0. The number of anilines is 1. The maximum Gasteiger partial charge on any atom is 0.252 e. The summed E-state index contributed by atoms with van der Waals surface area (Å²) in [5, 5.41) is 8.17. The molecule has 5 N–H and O–H groups in total. The second-order valence-electron chi connectivity index (χ2n) is 8.60. The first-order valence-corrected chi connectivity index (χ1v) is 11.6. The van der Waals surface area contributed by atoms with Gasteiger partial charge < -0.3 is 16.4 Å². The molecule has 3 aromatic rings. The standard InChI is InChI=1S/C26H31FN6O/c1-17(2)33-25-22(16-31-33)21(26(34)30-15-20-7-3-4-9-23(20)27)13-24(32-25)19-8-5-6-18(12-19)14-29-11-10-28/h3-9,12-13,17,29,31H,10-11,14-16,28H2,1-2H3,(H,30,34). The third-order valence-electron chi connectivity index (χ3n) is 5.79. The topological polar surface area (TPSA) is 95.3 Å². The highest BCUT2D eigenvalue weighted by Crippen LogP contribution is 2.32. The number of carbonyl (C=O) groups is 1. The zero-order valence-corrected chi connectivity index (χ0v) is 19.6. The van der Waals surface area contributed by atoms with E-state index in [0.29, 0.717) is 36.5 Å². The summed E-state index contributed by atoms with van der Waals surface area (Å²) < 4.78 is 14.0. The SMILES string of the molecule is CC(C)N1NCc2c(C(=O)NCc3ccccc3F)cc(-c3cccc(CNCCN)c3)nc21. The largest absolute Gasteiger partial charge is 0.348 e. The van der Waals surface area contributed by atoms with Gasteiger partial charge >= 0.3 is 0 Å². The number of nitrogens with one attached hydrogen (secondary N) is 3. The van der Waals surface area contributed by atoms with Crippen molar-refractivity contribution in [1.82, 2.24) is 21.0 Å². The fourth-order valence-electron chi connectivity index (χ4n) is 4.04. The molecule has 178 valence electrons. The number of amides is 1. The molecule has 7 nitrogen and oxygen atoms in total. The Balaban J connectivity index is 1.67. The Labute approximate surface area is 199 Å². The monoisotopic (exact) mass is 462 g/mol. The van der Waals surface area contributed by atoms with Crippen LogP contribution in [0.25, 0.3) is 11.3 Å². The number of pyridine rings is 1. The van der Waals surface area contributed by atoms with Crippen LogP contribution in [0.2, 0.25) is 0 Å². The Hall–Kier alpha value is -3.33. The van der Waals surface area contributed by atoms with Gasteiger partial charge in [-0.05, 0) is 37.6 Å². The predicted octanol–water partition coefficient (Wildman–Crippen LogP) is 3.10. The van der Waals surface area contributed by atoms with Crippen LogP contribution in [0, 0.1) is 5.82 Å². The summed E-state index contributed by atoms with van der Waals surface area (Å²) in [5.41, 5.74) is 13.5. The minimum atomic E-state index is -0.337. The fourth-order valence-corrected chi connectivity index (χ4v) is 4.04. The molecule has 1 aliphatic rings. The minimum Gasteiger partial charge on any atom is -0.348 e. The average molecular weight is 463 g/mol. The molecule has 0 aliphatic carbocycles. The van der Waals surface area contributed by atoms with E-state index in [2.05, 4.69) is 36.0 Å². The van der Waals surface area contributed by atoms with Crippen molar-refractivity contribution in [3.63, 3.8) is 0 Å². The van der Waals surface area contributed by atoms with Gasteiger partial charge in [-0.15, -0.1) is 0 Å². The normalized spacial score (nSPS) is 12.8. The average Bonchev–Trinajstić information content (AvgIpc) is 3.27. The smallest absolute Gasteiger partial charge is 0.252 e. The lowest BCUT2D eigenvalue weighted by Gasteiger charge is -2.23. The maximum absolute atomic E-state index is 14.0. The van der Waals surface area contributed by atoms with Gasteiger partial charge in [0.2, 0.25) is 0 Å². The molecule has 0 radical (unpaired) electrons. The van der Waals surface area contributed by atoms with Crippen molar-refractivity contribution in [2.24, 2.45) is 5.73 Å². The minimum absolute atomic E-state index is 0.113. The number of nitrogens with zero attached hydrogens (tertiary/aromatic N) is 2. The molecular formula is C26H31FN6O. The number of halogens is 1. The van der Waals surface area contributed by atoms with Crippen molar-refractivity contribution in [3.8, 4) is 11.3 Å². The van der Waals surface area contributed by atoms with Gasteiger partial charge in [0.05, 0.1) is 5.69 Å². The number of hydrogen-bond donors (Lipinski definition) is 4. The van der Waals surface area contributed by atoms with E-state index in [9.17, 15) is 9.18 Å². The molecular weight excluding hydrogens is 431 g/mol. The Bertz CT molecular complexity index is 1170. The summed E-state index contributed by atoms with van der Waals surface area (Å²) in [6.07, 6.45) is 0. The third kappa shape index (κ3) is 5.25. The van der Waals surface area contributed by atoms with Crippen LogP contribution in [0.1, 0.15) is 40.9 Å². The number of carbonyl (C=O) groups excluding carboxylic acids is 1. The second kappa shape index (κ2) is 10.7. The highest BCUT2D eigenvalue weighted by atomic mass is 19.1. The van der Waals surface area contributed by atoms with E-state index in [0.717, 1.165) is 29.1 Å². The summed E-state index contributed by atoms with van der Waals surface area (Å²) >= 11 is 0. The van der Waals surface area contributed by atoms with Crippen molar-refractivity contribution in [2.75, 3.05) is 18.1 Å². The van der Waals surface area contributed by atoms with Crippen molar-refractivity contribution in [1.29, 1.82) is 0 Å². The number of nitrogens with two attached hydrogens (primary N) is 1. The molecule has 4 rings (SSSR count). The molecule has 34 heavy (non-hydrogen) atoms. The third-order valence-corrected chi connectivity index (χ3v) is 5.79. The lowest BCUT2D eigenvalue weighted by Crippen LogP contribution is -2.38. The Morgan fingerprint density at radius 2 is 2.00 bits per heavy atom. The Morgan fingerprint density at radius 3 is 2.76 bits per heavy atom. The van der Waals surface area contributed by atoms with Crippen LogP contribution >= 0.6 is 0 Å². The molecule has 0 fully saturated rings. The van der Waals surface area contributed by atoms with Gasteiger partial charge in [-0.25, -0.2) is 14.8 Å². The fraction of sp³-hybridized carbons (Fsp3) is 0.308. The molecule has 0 saturated carbocycles. The zero-order valence-electron chi connectivity index (χ0n) is 19.6. The first-order valence-electron chi connectivity index (χ1n) is 11.6. The molecule has 2 aromatic carbocycles. The molecule has 1 aromatic heterocycles. The van der Waals surface area contributed by atoms with E-state index in [1.165, 1.54) is 6.07 Å². The summed E-state index contributed by atoms with van der Waals surface area (Å²) in [6, 6.07) is 16.5. The van der Waals surface area contributed by atoms with Crippen LogP contribution in [-0.2, 0) is 19.6 Å². The highest BCUT2D eigenvalue weighted by molar-refractivity contribution is 5.98. The molecule has 0 unspecified atom stereocenters. The number of hydrogen-bond acceptors (Lipinski definition) is 6. The Morgan fingerprint density at radius 1 is 1.18 bits per heavy atom. The van der Waals surface area contributed by atoms with E-state index in [1.807, 2.05) is 29.3 Å². The van der Waals surface area contributed by atoms with Gasteiger partial charge in [0.1, 0.15) is 11.6 Å². The van der Waals surface area contributed by atoms with Gasteiger partial charge in [-0.1, -0.05) is 36.4 Å². The zero-order chi connectivity index (χ0) is 24.1. The molecule has 1 aliphatic heterocycles. The summed E-state index contributed by atoms with van der Waals surface area (Å²) in [6.45, 7) is 6.77. The number of fused-ring (bicyclic) bond motifs is 1. The van der Waals surface area contributed by atoms with Crippen LogP contribution in [0.5, 0.6) is 0 Å². The first kappa shape index (κ1) is 23.8. The summed E-state index contributed by atoms with van der Waals surface area (Å²) in [4.78, 5) is 18.2. The van der Waals surface area contributed by atoms with E-state index >= 15 is 0 Å². The van der Waals surface area contributed by atoms with Gasteiger partial charge in [0.15, 0.2) is 0 Å². The van der Waals surface area contributed by atoms with Gasteiger partial charge in [-0.2, -0.15) is 0 Å². The quantitative estimate of drug-likeness (QED) is 0.365. The van der Waals surface area contributed by atoms with Crippen LogP contribution in [-0.4, -0.2) is 30.0 Å². The van der Waals surface area contributed by atoms with Crippen molar-refractivity contribution in [3.05, 3.63) is 82.7 Å². The number of rotatable bonds is 9. The summed E-state index contributed by atoms with van der Waals surface area (Å²) in [5.74, 6) is 0.155. The van der Waals surface area contributed by atoms with E-state index in [1.54, 1.807) is 18.2 Å².